The lowest BCUT2D eigenvalue weighted by atomic mass is 10.0. The molecule has 0 aliphatic rings. The van der Waals surface area contributed by atoms with Crippen LogP contribution in [0.15, 0.2) is 12.1 Å². The van der Waals surface area contributed by atoms with Gasteiger partial charge in [-0.1, -0.05) is 6.92 Å². The van der Waals surface area contributed by atoms with Gasteiger partial charge in [-0.2, -0.15) is 14.0 Å². The summed E-state index contributed by atoms with van der Waals surface area (Å²) in [5, 5.41) is 8.88. The van der Waals surface area contributed by atoms with E-state index in [9.17, 15) is 13.6 Å². The fourth-order valence-corrected chi connectivity index (χ4v) is 1.48. The van der Waals surface area contributed by atoms with E-state index in [2.05, 4.69) is 9.47 Å². The van der Waals surface area contributed by atoms with E-state index in [0.717, 1.165) is 6.07 Å². The Morgan fingerprint density at radius 2 is 2.17 bits per heavy atom. The highest BCUT2D eigenvalue weighted by Gasteiger charge is 2.18. The molecule has 0 amide bonds. The fourth-order valence-electron chi connectivity index (χ4n) is 1.48. The van der Waals surface area contributed by atoms with Gasteiger partial charge in [-0.3, -0.25) is 0 Å². The van der Waals surface area contributed by atoms with E-state index in [0.29, 0.717) is 12.0 Å². The molecule has 0 heterocycles. The van der Waals surface area contributed by atoms with E-state index in [1.54, 1.807) is 13.0 Å². The van der Waals surface area contributed by atoms with Gasteiger partial charge in [0, 0.05) is 0 Å². The smallest absolute Gasteiger partial charge is 0.387 e. The van der Waals surface area contributed by atoms with Gasteiger partial charge < -0.3 is 9.47 Å². The number of ether oxygens (including phenoxy) is 2. The van der Waals surface area contributed by atoms with Crippen LogP contribution in [0, 0.1) is 11.3 Å². The maximum atomic E-state index is 12.2. The van der Waals surface area contributed by atoms with Crippen molar-refractivity contribution >= 4 is 5.97 Å². The average Bonchev–Trinajstić information content (AvgIpc) is 2.36. The molecule has 0 N–H and O–H groups in total. The molecule has 0 radical (unpaired) electrons. The van der Waals surface area contributed by atoms with Gasteiger partial charge in [0.05, 0.1) is 18.2 Å². The zero-order valence-corrected chi connectivity index (χ0v) is 9.87. The third kappa shape index (κ3) is 2.94. The highest BCUT2D eigenvalue weighted by atomic mass is 19.3. The van der Waals surface area contributed by atoms with Gasteiger partial charge in [-0.05, 0) is 24.1 Å². The lowest BCUT2D eigenvalue weighted by Gasteiger charge is -2.12. The predicted octanol–water partition coefficient (Wildman–Crippen LogP) is 2.51. The van der Waals surface area contributed by atoms with Crippen LogP contribution in [0.4, 0.5) is 8.78 Å². The molecule has 6 heteroatoms. The first-order valence-corrected chi connectivity index (χ1v) is 5.13. The number of nitriles is 1. The SMILES string of the molecule is CCc1cc(C(=O)OC)c(C#N)cc1OC(F)F. The van der Waals surface area contributed by atoms with E-state index in [1.165, 1.54) is 13.2 Å². The van der Waals surface area contributed by atoms with E-state index in [1.807, 2.05) is 0 Å². The highest BCUT2D eigenvalue weighted by molar-refractivity contribution is 5.92. The summed E-state index contributed by atoms with van der Waals surface area (Å²) in [5.41, 5.74) is 0.392. The van der Waals surface area contributed by atoms with Crippen LogP contribution in [-0.2, 0) is 11.2 Å². The van der Waals surface area contributed by atoms with Crippen LogP contribution in [0.3, 0.4) is 0 Å². The Labute approximate surface area is 103 Å². The van der Waals surface area contributed by atoms with Crippen molar-refractivity contribution in [3.8, 4) is 11.8 Å². The Morgan fingerprint density at radius 3 is 2.61 bits per heavy atom. The van der Waals surface area contributed by atoms with Crippen LogP contribution in [0.2, 0.25) is 0 Å². The van der Waals surface area contributed by atoms with Crippen LogP contribution in [0.25, 0.3) is 0 Å². The second-order valence-corrected chi connectivity index (χ2v) is 3.34. The molecule has 0 aromatic heterocycles. The first kappa shape index (κ1) is 13.9. The number of rotatable bonds is 4. The number of carbonyl (C=O) groups excluding carboxylic acids is 1. The van der Waals surface area contributed by atoms with E-state index < -0.39 is 12.6 Å². The largest absolute Gasteiger partial charge is 0.465 e. The number of nitrogens with zero attached hydrogens (tertiary/aromatic N) is 1. The molecule has 4 nitrogen and oxygen atoms in total. The van der Waals surface area contributed by atoms with Crippen molar-refractivity contribution in [3.63, 3.8) is 0 Å². The van der Waals surface area contributed by atoms with Gasteiger partial charge in [-0.25, -0.2) is 4.79 Å². The summed E-state index contributed by atoms with van der Waals surface area (Å²) in [5.74, 6) is -0.790. The molecule has 1 aromatic rings. The molecule has 0 aliphatic heterocycles. The van der Waals surface area contributed by atoms with Crippen LogP contribution in [0.1, 0.15) is 28.4 Å². The Hall–Kier alpha value is -2.16. The van der Waals surface area contributed by atoms with Crippen molar-refractivity contribution in [2.24, 2.45) is 0 Å². The number of halogens is 2. The number of alkyl halides is 2. The minimum atomic E-state index is -2.98. The molecule has 96 valence electrons. The van der Waals surface area contributed by atoms with Crippen LogP contribution >= 0.6 is 0 Å². The van der Waals surface area contributed by atoms with E-state index in [4.69, 9.17) is 5.26 Å². The molecule has 1 aromatic carbocycles. The summed E-state index contributed by atoms with van der Waals surface area (Å²) in [7, 11) is 1.18. The lowest BCUT2D eigenvalue weighted by Crippen LogP contribution is -2.09. The van der Waals surface area contributed by atoms with Gasteiger partial charge in [-0.15, -0.1) is 0 Å². The van der Waals surface area contributed by atoms with Gasteiger partial charge in [0.2, 0.25) is 0 Å². The number of carbonyl (C=O) groups is 1. The summed E-state index contributed by atoms with van der Waals surface area (Å²) in [6, 6.07) is 4.21. The molecule has 1 rings (SSSR count). The first-order chi connectivity index (χ1) is 8.53. The molecule has 0 unspecified atom stereocenters. The third-order valence-electron chi connectivity index (χ3n) is 2.32. The van der Waals surface area contributed by atoms with Gasteiger partial charge >= 0.3 is 12.6 Å². The zero-order chi connectivity index (χ0) is 13.7. The molecule has 0 saturated heterocycles. The second kappa shape index (κ2) is 5.96. The maximum Gasteiger partial charge on any atom is 0.387 e. The highest BCUT2D eigenvalue weighted by Crippen LogP contribution is 2.26. The monoisotopic (exact) mass is 255 g/mol. The minimum absolute atomic E-state index is 0.0402. The summed E-state index contributed by atoms with van der Waals surface area (Å²) in [6.07, 6.45) is 0.387. The predicted molar refractivity (Wildman–Crippen MR) is 58.5 cm³/mol. The third-order valence-corrected chi connectivity index (χ3v) is 2.32. The van der Waals surface area contributed by atoms with Crippen molar-refractivity contribution in [3.05, 3.63) is 28.8 Å². The van der Waals surface area contributed by atoms with E-state index in [-0.39, 0.29) is 16.9 Å². The van der Waals surface area contributed by atoms with Gasteiger partial charge in [0.1, 0.15) is 11.8 Å². The fraction of sp³-hybridized carbons (Fsp3) is 0.333. The number of hydrogen-bond donors (Lipinski definition) is 0. The molecule has 0 spiro atoms. The molecular weight excluding hydrogens is 244 g/mol. The summed E-state index contributed by atoms with van der Waals surface area (Å²) in [6.45, 7) is -1.26. The van der Waals surface area contributed by atoms with Crippen molar-refractivity contribution in [1.29, 1.82) is 5.26 Å². The van der Waals surface area contributed by atoms with Crippen molar-refractivity contribution in [1.82, 2.24) is 0 Å². The topological polar surface area (TPSA) is 59.3 Å². The van der Waals surface area contributed by atoms with Crippen molar-refractivity contribution in [2.75, 3.05) is 7.11 Å². The molecule has 0 fully saturated rings. The standard InChI is InChI=1S/C12H11F2NO3/c1-3-7-4-9(11(16)17-2)8(6-15)5-10(7)18-12(13)14/h4-5,12H,3H2,1-2H3. The zero-order valence-electron chi connectivity index (χ0n) is 9.87. The number of esters is 1. The molecule has 0 aliphatic carbocycles. The van der Waals surface area contributed by atoms with Crippen LogP contribution < -0.4 is 4.74 Å². The molecule has 0 saturated carbocycles. The molecular formula is C12H11F2NO3. The Morgan fingerprint density at radius 1 is 1.50 bits per heavy atom. The quantitative estimate of drug-likeness (QED) is 0.775. The molecule has 0 bridgehead atoms. The Balaban J connectivity index is 3.33. The Bertz CT molecular complexity index is 495. The van der Waals surface area contributed by atoms with Crippen LogP contribution in [-0.4, -0.2) is 19.7 Å². The van der Waals surface area contributed by atoms with Crippen molar-refractivity contribution < 1.29 is 23.0 Å². The van der Waals surface area contributed by atoms with Gasteiger partial charge in [0.25, 0.3) is 0 Å². The first-order valence-electron chi connectivity index (χ1n) is 5.13. The normalized spacial score (nSPS) is 10.0. The number of methoxy groups -OCH3 is 1. The lowest BCUT2D eigenvalue weighted by molar-refractivity contribution is -0.0504. The molecule has 18 heavy (non-hydrogen) atoms. The number of hydrogen-bond acceptors (Lipinski definition) is 4. The molecule has 0 atom stereocenters. The summed E-state index contributed by atoms with van der Waals surface area (Å²) in [4.78, 5) is 11.4. The Kier molecular flexibility index (Phi) is 4.60. The van der Waals surface area contributed by atoms with Crippen LogP contribution in [0.5, 0.6) is 5.75 Å². The summed E-state index contributed by atoms with van der Waals surface area (Å²) >= 11 is 0. The number of benzene rings is 1. The van der Waals surface area contributed by atoms with Gasteiger partial charge in [0.15, 0.2) is 0 Å². The van der Waals surface area contributed by atoms with E-state index >= 15 is 0 Å². The maximum absolute atomic E-state index is 12.2. The second-order valence-electron chi connectivity index (χ2n) is 3.34. The minimum Gasteiger partial charge on any atom is -0.465 e. The average molecular weight is 255 g/mol. The summed E-state index contributed by atoms with van der Waals surface area (Å²) < 4.78 is 33.2. The van der Waals surface area contributed by atoms with Crippen molar-refractivity contribution in [2.45, 2.75) is 20.0 Å². The number of aryl methyl sites for hydroxylation is 1.